The smallest absolute Gasteiger partial charge is 0.0774 e. The third kappa shape index (κ3) is 1.48. The molecule has 0 N–H and O–H groups in total. The molecule has 64 valence electrons. The first-order valence-electron chi connectivity index (χ1n) is 4.04. The normalized spacial score (nSPS) is 10.2. The van der Waals surface area contributed by atoms with Crippen LogP contribution in [0, 0.1) is 11.3 Å². The highest BCUT2D eigenvalue weighted by Crippen LogP contribution is 2.18. The van der Waals surface area contributed by atoms with Crippen molar-refractivity contribution in [2.75, 3.05) is 0 Å². The minimum Gasteiger partial charge on any atom is -0.271 e. The van der Waals surface area contributed by atoms with Crippen molar-refractivity contribution in [2.24, 2.45) is 7.05 Å². The van der Waals surface area contributed by atoms with Crippen LogP contribution in [0.25, 0.3) is 0 Å². The molecule has 1 aromatic rings. The van der Waals surface area contributed by atoms with Gasteiger partial charge in [0.1, 0.15) is 0 Å². The zero-order valence-electron chi connectivity index (χ0n) is 7.70. The summed E-state index contributed by atoms with van der Waals surface area (Å²) < 4.78 is 1.78. The summed E-state index contributed by atoms with van der Waals surface area (Å²) >= 11 is 0. The fourth-order valence-electron chi connectivity index (χ4n) is 1.25. The van der Waals surface area contributed by atoms with E-state index in [4.69, 9.17) is 5.26 Å². The molecule has 0 atom stereocenters. The van der Waals surface area contributed by atoms with Crippen LogP contribution < -0.4 is 0 Å². The molecule has 0 bridgehead atoms. The van der Waals surface area contributed by atoms with Gasteiger partial charge in [0.05, 0.1) is 24.4 Å². The number of nitriles is 1. The van der Waals surface area contributed by atoms with Crippen LogP contribution in [0.4, 0.5) is 0 Å². The average Bonchev–Trinajstić information content (AvgIpc) is 2.34. The maximum atomic E-state index is 8.58. The zero-order chi connectivity index (χ0) is 9.14. The zero-order valence-corrected chi connectivity index (χ0v) is 7.70. The number of hydrogen-bond donors (Lipinski definition) is 0. The Morgan fingerprint density at radius 3 is 2.83 bits per heavy atom. The molecule has 0 saturated heterocycles. The van der Waals surface area contributed by atoms with Crippen LogP contribution >= 0.6 is 0 Å². The van der Waals surface area contributed by atoms with Crippen LogP contribution in [0.3, 0.4) is 0 Å². The number of aromatic nitrogens is 2. The predicted octanol–water partition coefficient (Wildman–Crippen LogP) is 1.61. The van der Waals surface area contributed by atoms with Gasteiger partial charge in [0.25, 0.3) is 0 Å². The highest BCUT2D eigenvalue weighted by molar-refractivity contribution is 5.23. The van der Waals surface area contributed by atoms with Crippen molar-refractivity contribution in [3.8, 4) is 6.07 Å². The fraction of sp³-hybridized carbons (Fsp3) is 0.556. The maximum absolute atomic E-state index is 8.58. The van der Waals surface area contributed by atoms with Gasteiger partial charge in [-0.1, -0.05) is 13.8 Å². The third-order valence-electron chi connectivity index (χ3n) is 1.96. The van der Waals surface area contributed by atoms with Crippen molar-refractivity contribution in [3.05, 3.63) is 17.5 Å². The molecular weight excluding hydrogens is 150 g/mol. The van der Waals surface area contributed by atoms with E-state index < -0.39 is 0 Å². The highest BCUT2D eigenvalue weighted by Gasteiger charge is 2.10. The molecule has 0 aliphatic carbocycles. The van der Waals surface area contributed by atoms with Gasteiger partial charge in [0.2, 0.25) is 0 Å². The van der Waals surface area contributed by atoms with Gasteiger partial charge in [-0.3, -0.25) is 4.68 Å². The average molecular weight is 163 g/mol. The second-order valence-corrected chi connectivity index (χ2v) is 3.16. The molecule has 0 aliphatic rings. The largest absolute Gasteiger partial charge is 0.271 e. The fourth-order valence-corrected chi connectivity index (χ4v) is 1.25. The van der Waals surface area contributed by atoms with Gasteiger partial charge in [0.15, 0.2) is 0 Å². The standard InChI is InChI=1S/C9H13N3/c1-7(2)8-6-11-12(3)9(8)4-5-10/h6-7H,4H2,1-3H3. The summed E-state index contributed by atoms with van der Waals surface area (Å²) in [6, 6.07) is 2.15. The first-order chi connectivity index (χ1) is 5.66. The molecule has 0 aliphatic heterocycles. The van der Waals surface area contributed by atoms with Crippen LogP contribution in [-0.2, 0) is 13.5 Å². The van der Waals surface area contributed by atoms with E-state index in [2.05, 4.69) is 25.0 Å². The first-order valence-corrected chi connectivity index (χ1v) is 4.04. The van der Waals surface area contributed by atoms with Gasteiger partial charge < -0.3 is 0 Å². The molecule has 0 fully saturated rings. The third-order valence-corrected chi connectivity index (χ3v) is 1.96. The summed E-state index contributed by atoms with van der Waals surface area (Å²) in [5.74, 6) is 0.446. The summed E-state index contributed by atoms with van der Waals surface area (Å²) in [6.07, 6.45) is 2.29. The minimum atomic E-state index is 0.446. The molecule has 3 heteroatoms. The molecular formula is C9H13N3. The molecule has 0 amide bonds. The second-order valence-electron chi connectivity index (χ2n) is 3.16. The number of aryl methyl sites for hydroxylation is 1. The lowest BCUT2D eigenvalue weighted by molar-refractivity contribution is 0.721. The summed E-state index contributed by atoms with van der Waals surface area (Å²) in [7, 11) is 1.87. The maximum Gasteiger partial charge on any atom is 0.0774 e. The Morgan fingerprint density at radius 2 is 2.33 bits per heavy atom. The van der Waals surface area contributed by atoms with Crippen molar-refractivity contribution in [1.29, 1.82) is 5.26 Å². The Hall–Kier alpha value is -1.30. The van der Waals surface area contributed by atoms with E-state index in [0.29, 0.717) is 12.3 Å². The monoisotopic (exact) mass is 163 g/mol. The van der Waals surface area contributed by atoms with Crippen LogP contribution in [0.1, 0.15) is 31.0 Å². The van der Waals surface area contributed by atoms with E-state index >= 15 is 0 Å². The molecule has 1 rings (SSSR count). The lowest BCUT2D eigenvalue weighted by Crippen LogP contribution is -2.00. The lowest BCUT2D eigenvalue weighted by atomic mass is 10.0. The summed E-state index contributed by atoms with van der Waals surface area (Å²) in [6.45, 7) is 4.22. The molecule has 0 aromatic carbocycles. The number of nitrogens with zero attached hydrogens (tertiary/aromatic N) is 3. The number of hydrogen-bond acceptors (Lipinski definition) is 2. The predicted molar refractivity (Wildman–Crippen MR) is 46.6 cm³/mol. The van der Waals surface area contributed by atoms with Crippen LogP contribution in [-0.4, -0.2) is 9.78 Å². The molecule has 1 heterocycles. The summed E-state index contributed by atoms with van der Waals surface area (Å²) in [5.41, 5.74) is 2.21. The molecule has 3 nitrogen and oxygen atoms in total. The van der Waals surface area contributed by atoms with Crippen LogP contribution in [0.2, 0.25) is 0 Å². The van der Waals surface area contributed by atoms with Crippen molar-refractivity contribution in [1.82, 2.24) is 9.78 Å². The minimum absolute atomic E-state index is 0.446. The Balaban J connectivity index is 3.05. The molecule has 12 heavy (non-hydrogen) atoms. The van der Waals surface area contributed by atoms with Crippen molar-refractivity contribution < 1.29 is 0 Å². The van der Waals surface area contributed by atoms with Gasteiger partial charge in [-0.2, -0.15) is 10.4 Å². The molecule has 0 spiro atoms. The second kappa shape index (κ2) is 3.40. The van der Waals surface area contributed by atoms with E-state index in [-0.39, 0.29) is 0 Å². The van der Waals surface area contributed by atoms with E-state index in [0.717, 1.165) is 5.69 Å². The van der Waals surface area contributed by atoms with Crippen LogP contribution in [0.5, 0.6) is 0 Å². The quantitative estimate of drug-likeness (QED) is 0.664. The first kappa shape index (κ1) is 8.79. The van der Waals surface area contributed by atoms with E-state index in [9.17, 15) is 0 Å². The van der Waals surface area contributed by atoms with Crippen molar-refractivity contribution in [3.63, 3.8) is 0 Å². The molecule has 1 aromatic heterocycles. The van der Waals surface area contributed by atoms with Gasteiger partial charge in [-0.15, -0.1) is 0 Å². The lowest BCUT2D eigenvalue weighted by Gasteiger charge is -2.04. The van der Waals surface area contributed by atoms with E-state index in [1.54, 1.807) is 4.68 Å². The molecule has 0 saturated carbocycles. The Kier molecular flexibility index (Phi) is 2.49. The van der Waals surface area contributed by atoms with E-state index in [1.165, 1.54) is 5.56 Å². The van der Waals surface area contributed by atoms with Crippen LogP contribution in [0.15, 0.2) is 6.20 Å². The Bertz CT molecular complexity index is 304. The van der Waals surface area contributed by atoms with Crippen molar-refractivity contribution >= 4 is 0 Å². The highest BCUT2D eigenvalue weighted by atomic mass is 15.3. The van der Waals surface area contributed by atoms with Gasteiger partial charge in [-0.05, 0) is 11.5 Å². The van der Waals surface area contributed by atoms with Gasteiger partial charge in [0, 0.05) is 7.05 Å². The topological polar surface area (TPSA) is 41.6 Å². The SMILES string of the molecule is CC(C)c1cnn(C)c1CC#N. The molecule has 0 unspecified atom stereocenters. The van der Waals surface area contributed by atoms with Crippen molar-refractivity contribution in [2.45, 2.75) is 26.2 Å². The number of rotatable bonds is 2. The summed E-state index contributed by atoms with van der Waals surface area (Å²) in [4.78, 5) is 0. The summed E-state index contributed by atoms with van der Waals surface area (Å²) in [5, 5.41) is 12.7. The Morgan fingerprint density at radius 1 is 1.67 bits per heavy atom. The Labute approximate surface area is 72.6 Å². The van der Waals surface area contributed by atoms with Gasteiger partial charge in [-0.25, -0.2) is 0 Å². The van der Waals surface area contributed by atoms with Gasteiger partial charge >= 0.3 is 0 Å². The van der Waals surface area contributed by atoms with E-state index in [1.807, 2.05) is 13.2 Å². The molecule has 0 radical (unpaired) electrons.